The van der Waals surface area contributed by atoms with Gasteiger partial charge in [0, 0.05) is 11.5 Å². The second-order valence-electron chi connectivity index (χ2n) is 4.93. The van der Waals surface area contributed by atoms with Crippen LogP contribution in [0.5, 0.6) is 0 Å². The number of hydrogen-bond acceptors (Lipinski definition) is 3. The van der Waals surface area contributed by atoms with Gasteiger partial charge in [-0.2, -0.15) is 0 Å². The fraction of sp³-hybridized carbons (Fsp3) is 0.471. The van der Waals surface area contributed by atoms with Crippen molar-refractivity contribution in [3.05, 3.63) is 47.6 Å². The van der Waals surface area contributed by atoms with Crippen molar-refractivity contribution in [1.82, 2.24) is 0 Å². The van der Waals surface area contributed by atoms with Gasteiger partial charge in [-0.1, -0.05) is 36.3 Å². The van der Waals surface area contributed by atoms with Gasteiger partial charge >= 0.3 is 5.97 Å². The molecule has 0 heterocycles. The zero-order valence-electron chi connectivity index (χ0n) is 13.1. The van der Waals surface area contributed by atoms with E-state index < -0.39 is 6.10 Å². The molecule has 0 bridgehead atoms. The molecule has 20 heavy (non-hydrogen) atoms. The van der Waals surface area contributed by atoms with Gasteiger partial charge in [-0.15, -0.1) is 6.58 Å². The fourth-order valence-corrected chi connectivity index (χ4v) is 1.82. The summed E-state index contributed by atoms with van der Waals surface area (Å²) in [7, 11) is 0. The van der Waals surface area contributed by atoms with Crippen molar-refractivity contribution in [3.8, 4) is 0 Å². The minimum atomic E-state index is -0.546. The van der Waals surface area contributed by atoms with E-state index in [1.54, 1.807) is 19.9 Å². The van der Waals surface area contributed by atoms with Crippen LogP contribution in [0, 0.1) is 5.92 Å². The number of rotatable bonds is 7. The van der Waals surface area contributed by atoms with E-state index in [4.69, 9.17) is 4.74 Å². The maximum atomic E-state index is 11.5. The summed E-state index contributed by atoms with van der Waals surface area (Å²) in [6, 6.07) is 0. The van der Waals surface area contributed by atoms with E-state index in [-0.39, 0.29) is 11.9 Å². The first-order chi connectivity index (χ1) is 9.31. The van der Waals surface area contributed by atoms with Gasteiger partial charge in [0.05, 0.1) is 12.7 Å². The lowest BCUT2D eigenvalue weighted by Crippen LogP contribution is -2.11. The minimum absolute atomic E-state index is 0.00619. The van der Waals surface area contributed by atoms with Crippen LogP contribution in [-0.2, 0) is 9.53 Å². The van der Waals surface area contributed by atoms with E-state index in [0.29, 0.717) is 12.2 Å². The van der Waals surface area contributed by atoms with Crippen LogP contribution in [0.3, 0.4) is 0 Å². The van der Waals surface area contributed by atoms with Crippen molar-refractivity contribution in [2.45, 2.75) is 40.7 Å². The molecule has 0 spiro atoms. The van der Waals surface area contributed by atoms with Crippen LogP contribution in [0.15, 0.2) is 47.6 Å². The summed E-state index contributed by atoms with van der Waals surface area (Å²) in [6.07, 6.45) is 6.72. The third-order valence-corrected chi connectivity index (χ3v) is 2.80. The molecule has 0 rings (SSSR count). The fourth-order valence-electron chi connectivity index (χ4n) is 1.82. The number of hydrogen-bond donors (Lipinski definition) is 1. The van der Waals surface area contributed by atoms with E-state index in [1.165, 1.54) is 6.08 Å². The van der Waals surface area contributed by atoms with Crippen LogP contribution in [0.1, 0.15) is 34.6 Å². The van der Waals surface area contributed by atoms with Crippen LogP contribution in [-0.4, -0.2) is 23.8 Å². The van der Waals surface area contributed by atoms with Crippen LogP contribution < -0.4 is 0 Å². The number of allylic oxidation sites excluding steroid dienone is 4. The number of aliphatic hydroxyl groups excluding tert-OH is 1. The second kappa shape index (κ2) is 9.32. The molecule has 0 fully saturated rings. The van der Waals surface area contributed by atoms with Crippen LogP contribution in [0.4, 0.5) is 0 Å². The molecule has 0 aliphatic rings. The number of aliphatic hydroxyl groups is 1. The van der Waals surface area contributed by atoms with E-state index >= 15 is 0 Å². The Morgan fingerprint density at radius 1 is 1.25 bits per heavy atom. The smallest absolute Gasteiger partial charge is 0.333 e. The van der Waals surface area contributed by atoms with Crippen molar-refractivity contribution in [1.29, 1.82) is 0 Å². The van der Waals surface area contributed by atoms with Crippen molar-refractivity contribution >= 4 is 5.97 Å². The molecule has 0 aliphatic carbocycles. The van der Waals surface area contributed by atoms with Gasteiger partial charge in [-0.25, -0.2) is 4.79 Å². The number of esters is 1. The lowest BCUT2D eigenvalue weighted by molar-refractivity contribution is -0.138. The molecule has 112 valence electrons. The maximum Gasteiger partial charge on any atom is 0.333 e. The Labute approximate surface area is 122 Å². The molecule has 0 aromatic heterocycles. The first-order valence-corrected chi connectivity index (χ1v) is 6.84. The molecule has 0 aromatic rings. The van der Waals surface area contributed by atoms with Crippen LogP contribution >= 0.6 is 0 Å². The molecule has 2 atom stereocenters. The van der Waals surface area contributed by atoms with Crippen molar-refractivity contribution in [2.24, 2.45) is 5.92 Å². The number of ether oxygens (including phenoxy) is 1. The topological polar surface area (TPSA) is 46.5 Å². The SMILES string of the molecule is C=C[C@@H](O)[C@H](C)/C=C(C)/C=C(C)/C=C(\C)C(=O)OCC. The first-order valence-electron chi connectivity index (χ1n) is 6.84. The van der Waals surface area contributed by atoms with E-state index in [9.17, 15) is 9.90 Å². The number of carbonyl (C=O) groups is 1. The Hall–Kier alpha value is -1.61. The highest BCUT2D eigenvalue weighted by molar-refractivity contribution is 5.88. The Balaban J connectivity index is 4.88. The van der Waals surface area contributed by atoms with Gasteiger partial charge in [0.15, 0.2) is 0 Å². The molecular formula is C17H26O3. The summed E-state index contributed by atoms with van der Waals surface area (Å²) in [5, 5.41) is 9.63. The zero-order chi connectivity index (χ0) is 15.7. The summed E-state index contributed by atoms with van der Waals surface area (Å²) >= 11 is 0. The maximum absolute atomic E-state index is 11.5. The summed E-state index contributed by atoms with van der Waals surface area (Å²) in [4.78, 5) is 11.5. The molecule has 3 heteroatoms. The lowest BCUT2D eigenvalue weighted by Gasteiger charge is -2.11. The van der Waals surface area contributed by atoms with Gasteiger partial charge in [0.2, 0.25) is 0 Å². The Morgan fingerprint density at radius 3 is 2.35 bits per heavy atom. The molecule has 3 nitrogen and oxygen atoms in total. The van der Waals surface area contributed by atoms with Gasteiger partial charge in [-0.05, 0) is 33.8 Å². The predicted molar refractivity (Wildman–Crippen MR) is 83.3 cm³/mol. The van der Waals surface area contributed by atoms with E-state index in [2.05, 4.69) is 6.58 Å². The highest BCUT2D eigenvalue weighted by Crippen LogP contribution is 2.12. The third kappa shape index (κ3) is 7.10. The molecule has 1 N–H and O–H groups in total. The molecule has 0 unspecified atom stereocenters. The molecule has 0 saturated carbocycles. The van der Waals surface area contributed by atoms with Crippen LogP contribution in [0.2, 0.25) is 0 Å². The molecule has 0 saturated heterocycles. The second-order valence-corrected chi connectivity index (χ2v) is 4.93. The summed E-state index contributed by atoms with van der Waals surface area (Å²) in [5.74, 6) is -0.288. The Bertz CT molecular complexity index is 428. The standard InChI is InChI=1S/C17H26O3/c1-7-16(18)14(5)10-12(3)9-13(4)11-15(6)17(19)20-8-2/h7,9-11,14,16,18H,1,8H2,2-6H3/b12-10+,13-9+,15-11+/t14-,16-/m1/s1. The quantitative estimate of drug-likeness (QED) is 0.335. The van der Waals surface area contributed by atoms with Gasteiger partial charge < -0.3 is 9.84 Å². The highest BCUT2D eigenvalue weighted by Gasteiger charge is 2.07. The molecule has 0 aliphatic heterocycles. The predicted octanol–water partition coefficient (Wildman–Crippen LogP) is 3.57. The largest absolute Gasteiger partial charge is 0.463 e. The number of carbonyl (C=O) groups excluding carboxylic acids is 1. The molecule has 0 amide bonds. The van der Waals surface area contributed by atoms with E-state index in [0.717, 1.165) is 11.1 Å². The average molecular weight is 278 g/mol. The minimum Gasteiger partial charge on any atom is -0.463 e. The molecular weight excluding hydrogens is 252 g/mol. The average Bonchev–Trinajstić information content (AvgIpc) is 2.37. The Kier molecular flexibility index (Phi) is 8.57. The van der Waals surface area contributed by atoms with Gasteiger partial charge in [0.1, 0.15) is 0 Å². The third-order valence-electron chi connectivity index (χ3n) is 2.80. The molecule has 0 radical (unpaired) electrons. The first kappa shape index (κ1) is 18.4. The normalized spacial score (nSPS) is 16.6. The Morgan fingerprint density at radius 2 is 1.85 bits per heavy atom. The summed E-state index contributed by atoms with van der Waals surface area (Å²) in [5.41, 5.74) is 2.57. The van der Waals surface area contributed by atoms with Crippen molar-refractivity contribution in [3.63, 3.8) is 0 Å². The lowest BCUT2D eigenvalue weighted by atomic mass is 10.0. The molecule has 0 aromatic carbocycles. The monoisotopic (exact) mass is 278 g/mol. The summed E-state index contributed by atoms with van der Waals surface area (Å²) in [6.45, 7) is 13.3. The van der Waals surface area contributed by atoms with Crippen molar-refractivity contribution < 1.29 is 14.6 Å². The van der Waals surface area contributed by atoms with Gasteiger partial charge in [0.25, 0.3) is 0 Å². The summed E-state index contributed by atoms with van der Waals surface area (Å²) < 4.78 is 4.93. The highest BCUT2D eigenvalue weighted by atomic mass is 16.5. The van der Waals surface area contributed by atoms with Crippen molar-refractivity contribution in [2.75, 3.05) is 6.61 Å². The zero-order valence-corrected chi connectivity index (χ0v) is 13.1. The van der Waals surface area contributed by atoms with Crippen LogP contribution in [0.25, 0.3) is 0 Å². The van der Waals surface area contributed by atoms with E-state index in [1.807, 2.05) is 32.9 Å². The van der Waals surface area contributed by atoms with Gasteiger partial charge in [-0.3, -0.25) is 0 Å².